The minimum Gasteiger partial charge on any atom is -0.497 e. The molecule has 0 aliphatic carbocycles. The number of benzene rings is 1. The molecule has 1 aliphatic rings. The van der Waals surface area contributed by atoms with Gasteiger partial charge in [-0.15, -0.1) is 11.3 Å². The molecule has 1 aromatic carbocycles. The number of nitrogens with zero attached hydrogens (tertiary/aromatic N) is 3. The highest BCUT2D eigenvalue weighted by atomic mass is 32.1. The summed E-state index contributed by atoms with van der Waals surface area (Å²) in [6.07, 6.45) is 0. The molecule has 0 saturated carbocycles. The van der Waals surface area contributed by atoms with Crippen molar-refractivity contribution in [3.05, 3.63) is 39.3 Å². The molecule has 0 unspecified atom stereocenters. The second kappa shape index (κ2) is 8.05. The molecular weight excluding hydrogens is 350 g/mol. The van der Waals surface area contributed by atoms with E-state index in [9.17, 15) is 4.79 Å². The third-order valence-corrected chi connectivity index (χ3v) is 5.75. The molecule has 6 nitrogen and oxygen atoms in total. The summed E-state index contributed by atoms with van der Waals surface area (Å²) < 4.78 is 10.5. The molecule has 7 heteroatoms. The number of hydrogen-bond acceptors (Lipinski definition) is 6. The molecule has 1 saturated heterocycles. The number of ether oxygens (including phenoxy) is 2. The lowest BCUT2D eigenvalue weighted by molar-refractivity contribution is 0.0627. The largest absolute Gasteiger partial charge is 0.497 e. The number of amides is 1. The van der Waals surface area contributed by atoms with E-state index in [1.807, 2.05) is 11.8 Å². The number of aromatic nitrogens is 1. The Morgan fingerprint density at radius 3 is 2.19 bits per heavy atom. The Morgan fingerprint density at radius 1 is 1.08 bits per heavy atom. The van der Waals surface area contributed by atoms with Crippen LogP contribution in [0.5, 0.6) is 11.5 Å². The highest BCUT2D eigenvalue weighted by Crippen LogP contribution is 2.24. The molecule has 2 aromatic rings. The lowest BCUT2D eigenvalue weighted by Crippen LogP contribution is -2.48. The lowest BCUT2D eigenvalue weighted by Gasteiger charge is -2.34. The summed E-state index contributed by atoms with van der Waals surface area (Å²) in [6.45, 7) is 8.14. The molecule has 1 fully saturated rings. The average molecular weight is 375 g/mol. The minimum atomic E-state index is 0.0165. The van der Waals surface area contributed by atoms with Gasteiger partial charge in [-0.3, -0.25) is 9.69 Å². The Labute approximate surface area is 158 Å². The van der Waals surface area contributed by atoms with Crippen molar-refractivity contribution in [3.8, 4) is 11.5 Å². The van der Waals surface area contributed by atoms with Crippen LogP contribution in [0.2, 0.25) is 0 Å². The SMILES string of the molecule is COc1cc(OC)cc(C(=O)N2CCN(Cc3nc(C)c(C)s3)CC2)c1. The second-order valence-corrected chi connectivity index (χ2v) is 7.71. The van der Waals surface area contributed by atoms with Crippen molar-refractivity contribution in [2.45, 2.75) is 20.4 Å². The molecule has 0 radical (unpaired) electrons. The normalized spacial score (nSPS) is 15.2. The monoisotopic (exact) mass is 375 g/mol. The fourth-order valence-corrected chi connectivity index (χ4v) is 4.00. The number of hydrogen-bond donors (Lipinski definition) is 0. The van der Waals surface area contributed by atoms with Gasteiger partial charge in [-0.1, -0.05) is 0 Å². The summed E-state index contributed by atoms with van der Waals surface area (Å²) in [7, 11) is 3.17. The third kappa shape index (κ3) is 4.16. The van der Waals surface area contributed by atoms with Gasteiger partial charge >= 0.3 is 0 Å². The Bertz CT molecular complexity index is 741. The van der Waals surface area contributed by atoms with Crippen LogP contribution in [-0.2, 0) is 6.54 Å². The molecule has 0 spiro atoms. The molecular formula is C19H25N3O3S. The highest BCUT2D eigenvalue weighted by Gasteiger charge is 2.23. The van der Waals surface area contributed by atoms with Gasteiger partial charge in [0.1, 0.15) is 16.5 Å². The summed E-state index contributed by atoms with van der Waals surface area (Å²) in [5.74, 6) is 1.27. The number of carbonyl (C=O) groups is 1. The van der Waals surface area contributed by atoms with Gasteiger partial charge in [0, 0.05) is 42.7 Å². The summed E-state index contributed by atoms with van der Waals surface area (Å²) in [5.41, 5.74) is 1.71. The maximum absolute atomic E-state index is 12.8. The van der Waals surface area contributed by atoms with Gasteiger partial charge < -0.3 is 14.4 Å². The van der Waals surface area contributed by atoms with Gasteiger partial charge in [0.2, 0.25) is 0 Å². The Morgan fingerprint density at radius 2 is 1.69 bits per heavy atom. The number of thiazole rings is 1. The fraction of sp³-hybridized carbons (Fsp3) is 0.474. The molecule has 1 aliphatic heterocycles. The van der Waals surface area contributed by atoms with E-state index >= 15 is 0 Å². The Kier molecular flexibility index (Phi) is 5.78. The predicted octanol–water partition coefficient (Wildman–Crippen LogP) is 2.74. The first kappa shape index (κ1) is 18.7. The van der Waals surface area contributed by atoms with Crippen molar-refractivity contribution in [1.29, 1.82) is 0 Å². The first-order chi connectivity index (χ1) is 12.5. The smallest absolute Gasteiger partial charge is 0.254 e. The summed E-state index contributed by atoms with van der Waals surface area (Å²) >= 11 is 1.76. The van der Waals surface area contributed by atoms with Crippen molar-refractivity contribution in [3.63, 3.8) is 0 Å². The maximum atomic E-state index is 12.8. The van der Waals surface area contributed by atoms with Crippen LogP contribution in [0.15, 0.2) is 18.2 Å². The summed E-state index contributed by atoms with van der Waals surface area (Å²) in [5, 5.41) is 1.15. The van der Waals surface area contributed by atoms with E-state index in [0.717, 1.165) is 30.3 Å². The maximum Gasteiger partial charge on any atom is 0.254 e. The third-order valence-electron chi connectivity index (χ3n) is 4.69. The zero-order valence-electron chi connectivity index (χ0n) is 15.7. The van der Waals surface area contributed by atoms with E-state index in [0.29, 0.717) is 30.2 Å². The predicted molar refractivity (Wildman–Crippen MR) is 102 cm³/mol. The zero-order chi connectivity index (χ0) is 18.7. The van der Waals surface area contributed by atoms with Crippen molar-refractivity contribution in [1.82, 2.24) is 14.8 Å². The van der Waals surface area contributed by atoms with Gasteiger partial charge in [-0.25, -0.2) is 4.98 Å². The van der Waals surface area contributed by atoms with Gasteiger partial charge in [-0.2, -0.15) is 0 Å². The molecule has 3 rings (SSSR count). The van der Waals surface area contributed by atoms with Gasteiger partial charge in [0.05, 0.1) is 26.5 Å². The first-order valence-electron chi connectivity index (χ1n) is 8.67. The van der Waals surface area contributed by atoms with Crippen LogP contribution >= 0.6 is 11.3 Å². The second-order valence-electron chi connectivity index (χ2n) is 6.42. The Balaban J connectivity index is 1.61. The molecule has 140 valence electrons. The zero-order valence-corrected chi connectivity index (χ0v) is 16.6. The van der Waals surface area contributed by atoms with Crippen molar-refractivity contribution < 1.29 is 14.3 Å². The van der Waals surface area contributed by atoms with Crippen LogP contribution in [-0.4, -0.2) is 61.1 Å². The van der Waals surface area contributed by atoms with Crippen molar-refractivity contribution in [2.24, 2.45) is 0 Å². The highest BCUT2D eigenvalue weighted by molar-refractivity contribution is 7.11. The van der Waals surface area contributed by atoms with Crippen LogP contribution in [0.4, 0.5) is 0 Å². The minimum absolute atomic E-state index is 0.0165. The van der Waals surface area contributed by atoms with Crippen LogP contribution in [0, 0.1) is 13.8 Å². The van der Waals surface area contributed by atoms with Crippen molar-refractivity contribution in [2.75, 3.05) is 40.4 Å². The van der Waals surface area contributed by atoms with E-state index in [-0.39, 0.29) is 5.91 Å². The quantitative estimate of drug-likeness (QED) is 0.804. The van der Waals surface area contributed by atoms with Crippen LogP contribution in [0.1, 0.15) is 25.9 Å². The first-order valence-corrected chi connectivity index (χ1v) is 9.49. The summed E-state index contributed by atoms with van der Waals surface area (Å²) in [6, 6.07) is 5.30. The number of aryl methyl sites for hydroxylation is 2. The molecule has 1 amide bonds. The number of piperazine rings is 1. The topological polar surface area (TPSA) is 54.9 Å². The van der Waals surface area contributed by atoms with Crippen LogP contribution in [0.25, 0.3) is 0 Å². The van der Waals surface area contributed by atoms with E-state index < -0.39 is 0 Å². The molecule has 26 heavy (non-hydrogen) atoms. The van der Waals surface area contributed by atoms with E-state index in [1.54, 1.807) is 43.8 Å². The Hall–Kier alpha value is -2.12. The number of rotatable bonds is 5. The fourth-order valence-electron chi connectivity index (χ4n) is 3.02. The van der Waals surface area contributed by atoms with Crippen LogP contribution < -0.4 is 9.47 Å². The standard InChI is InChI=1S/C19H25N3O3S/c1-13-14(2)26-18(20-13)12-21-5-7-22(8-6-21)19(23)15-9-16(24-3)11-17(10-15)25-4/h9-11H,5-8,12H2,1-4H3. The molecule has 0 bridgehead atoms. The average Bonchev–Trinajstić information content (AvgIpc) is 2.98. The van der Waals surface area contributed by atoms with E-state index in [4.69, 9.17) is 9.47 Å². The summed E-state index contributed by atoms with van der Waals surface area (Å²) in [4.78, 5) is 23.0. The lowest BCUT2D eigenvalue weighted by atomic mass is 10.1. The molecule has 0 atom stereocenters. The number of carbonyl (C=O) groups excluding carboxylic acids is 1. The van der Waals surface area contributed by atoms with Gasteiger partial charge in [0.15, 0.2) is 0 Å². The van der Waals surface area contributed by atoms with Crippen LogP contribution in [0.3, 0.4) is 0 Å². The van der Waals surface area contributed by atoms with E-state index in [1.165, 1.54) is 4.88 Å². The molecule has 1 aromatic heterocycles. The molecule has 0 N–H and O–H groups in total. The van der Waals surface area contributed by atoms with Gasteiger partial charge in [0.25, 0.3) is 5.91 Å². The van der Waals surface area contributed by atoms with Gasteiger partial charge in [-0.05, 0) is 26.0 Å². The number of methoxy groups -OCH3 is 2. The van der Waals surface area contributed by atoms with Crippen molar-refractivity contribution >= 4 is 17.2 Å². The van der Waals surface area contributed by atoms with E-state index in [2.05, 4.69) is 16.8 Å². The molecule has 2 heterocycles.